The molecule has 0 radical (unpaired) electrons. The Morgan fingerprint density at radius 3 is 1.89 bits per heavy atom. The first kappa shape index (κ1) is 62.1. The Bertz CT molecular complexity index is 3310. The number of ether oxygens (including phenoxy) is 6. The number of esters is 1. The number of amides is 6. The molecular weight excluding hydrogens is 1080 g/mol. The number of rotatable bonds is 19. The molecule has 0 fully saturated rings. The molecule has 21 nitrogen and oxygen atoms in total. The summed E-state index contributed by atoms with van der Waals surface area (Å²) in [6.07, 6.45) is -1.77. The van der Waals surface area contributed by atoms with Crippen molar-refractivity contribution in [2.75, 3.05) is 48.1 Å². The van der Waals surface area contributed by atoms with E-state index in [1.54, 1.807) is 56.3 Å². The highest BCUT2D eigenvalue weighted by molar-refractivity contribution is 6.00. The number of nitrogens with zero attached hydrogens (tertiary/aromatic N) is 3. The molecule has 1 aliphatic rings. The average Bonchev–Trinajstić information content (AvgIpc) is 3.65. The van der Waals surface area contributed by atoms with Crippen LogP contribution in [0, 0.1) is 13.8 Å². The molecule has 5 aromatic carbocycles. The standard InChI is InChI=1S/C63H72N8O13/c1-37-52(38(2)67-55(66-37)43-21-24-45(25-22-43)63(4,5)6)57(73)69-48(27-28-64-61(77)83-35-40-17-13-11-14-18-40)59(75)71(7)53-44-23-26-50(79-8)46(34-44)47-31-42(32-49(60(76)81-10)70-56(72)39(3)68-58(53)74)33-51(54(47)80-9)82-30-29-65-62(78)84-36-41-19-15-12-16-20-41/h11-26,31,33-34,39,48-49,53H,27-30,32,35-36H2,1-10H3,(H,64,77)(H,65,78)(H,68,74)(H,69,73)(H,70,72)/t39-,48-,49-,53-/m0/s1. The Hall–Kier alpha value is -9.53. The van der Waals surface area contributed by atoms with Crippen LogP contribution in [0.1, 0.15) is 89.7 Å². The van der Waals surface area contributed by atoms with E-state index in [0.717, 1.165) is 27.2 Å². The van der Waals surface area contributed by atoms with Gasteiger partial charge in [-0.05, 0) is 84.7 Å². The van der Waals surface area contributed by atoms with Gasteiger partial charge in [0.1, 0.15) is 49.7 Å². The number of carbonyl (C=O) groups is 7. The lowest BCUT2D eigenvalue weighted by molar-refractivity contribution is -0.145. The van der Waals surface area contributed by atoms with Crippen LogP contribution in [0.15, 0.2) is 115 Å². The van der Waals surface area contributed by atoms with Gasteiger partial charge in [-0.3, -0.25) is 19.2 Å². The lowest BCUT2D eigenvalue weighted by Crippen LogP contribution is -2.55. The van der Waals surface area contributed by atoms with Gasteiger partial charge >= 0.3 is 18.2 Å². The van der Waals surface area contributed by atoms with Crippen LogP contribution in [0.2, 0.25) is 0 Å². The molecule has 0 saturated heterocycles. The molecule has 0 aliphatic carbocycles. The summed E-state index contributed by atoms with van der Waals surface area (Å²) in [7, 11) is 5.41. The van der Waals surface area contributed by atoms with E-state index in [2.05, 4.69) is 47.4 Å². The van der Waals surface area contributed by atoms with E-state index < -0.39 is 66.0 Å². The number of fused-ring (bicyclic) bond motifs is 5. The van der Waals surface area contributed by atoms with E-state index >= 15 is 4.79 Å². The second kappa shape index (κ2) is 28.4. The van der Waals surface area contributed by atoms with E-state index in [-0.39, 0.29) is 73.8 Å². The maximum atomic E-state index is 15.3. The van der Waals surface area contributed by atoms with Crippen LogP contribution in [0.5, 0.6) is 17.2 Å². The number of aryl methyl sites for hydroxylation is 2. The van der Waals surface area contributed by atoms with Gasteiger partial charge in [-0.25, -0.2) is 24.4 Å². The maximum Gasteiger partial charge on any atom is 0.407 e. The second-order valence-corrected chi connectivity index (χ2v) is 21.1. The van der Waals surface area contributed by atoms with Crippen molar-refractivity contribution in [2.24, 2.45) is 0 Å². The normalized spacial score (nSPS) is 15.3. The molecule has 6 amide bonds. The molecule has 4 atom stereocenters. The molecule has 2 heterocycles. The molecule has 4 bridgehead atoms. The lowest BCUT2D eigenvalue weighted by atomic mass is 9.86. The fourth-order valence-electron chi connectivity index (χ4n) is 9.51. The summed E-state index contributed by atoms with van der Waals surface area (Å²) in [6, 6.07) is 28.7. The smallest absolute Gasteiger partial charge is 0.407 e. The van der Waals surface area contributed by atoms with E-state index in [1.807, 2.05) is 72.8 Å². The molecule has 1 aromatic heterocycles. The van der Waals surface area contributed by atoms with Gasteiger partial charge in [-0.1, -0.05) is 112 Å². The number of benzene rings is 5. The van der Waals surface area contributed by atoms with Crippen LogP contribution in [0.25, 0.3) is 22.5 Å². The Labute approximate surface area is 488 Å². The predicted octanol–water partition coefficient (Wildman–Crippen LogP) is 7.38. The quantitative estimate of drug-likeness (QED) is 0.0301. The first-order valence-electron chi connectivity index (χ1n) is 27.3. The van der Waals surface area contributed by atoms with Crippen LogP contribution in [-0.4, -0.2) is 123 Å². The summed E-state index contributed by atoms with van der Waals surface area (Å²) >= 11 is 0. The summed E-state index contributed by atoms with van der Waals surface area (Å²) in [4.78, 5) is 109. The van der Waals surface area contributed by atoms with Crippen molar-refractivity contribution in [3.05, 3.63) is 160 Å². The van der Waals surface area contributed by atoms with E-state index in [0.29, 0.717) is 39.7 Å². The van der Waals surface area contributed by atoms with Crippen LogP contribution < -0.4 is 40.8 Å². The Morgan fingerprint density at radius 1 is 0.714 bits per heavy atom. The summed E-state index contributed by atoms with van der Waals surface area (Å²) < 4.78 is 34.1. The minimum absolute atomic E-state index is 0.00701. The van der Waals surface area contributed by atoms with Gasteiger partial charge in [0.15, 0.2) is 17.3 Å². The number of aromatic nitrogens is 2. The SMILES string of the molecule is COC(=O)[C@@H]1Cc2cc(OCCNC(=O)OCc3ccccc3)c(OC)c(c2)-c2cc(ccc2OC)[C@H](N(C)C(=O)[C@H](CCNC(=O)OCc2ccccc2)NC(=O)c2c(C)nc(-c3ccc(C(C)(C)C)cc3)nc2C)C(=O)N[C@@H](C)C(=O)N1. The number of carbonyl (C=O) groups excluding carboxylic acids is 7. The van der Waals surface area contributed by atoms with Crippen LogP contribution in [0.3, 0.4) is 0 Å². The average molecular weight is 1150 g/mol. The zero-order chi connectivity index (χ0) is 60.7. The monoisotopic (exact) mass is 1150 g/mol. The summed E-state index contributed by atoms with van der Waals surface area (Å²) in [5.41, 5.74) is 5.49. The Kier molecular flexibility index (Phi) is 21.0. The minimum Gasteiger partial charge on any atom is -0.496 e. The highest BCUT2D eigenvalue weighted by atomic mass is 16.6. The fraction of sp³-hybridized carbons (Fsp3) is 0.349. The third-order valence-corrected chi connectivity index (χ3v) is 14.0. The molecule has 5 N–H and O–H groups in total. The number of likely N-dealkylation sites (N-methyl/N-ethyl adjacent to an activating group) is 1. The lowest BCUT2D eigenvalue weighted by Gasteiger charge is -2.33. The first-order chi connectivity index (χ1) is 40.2. The van der Waals surface area contributed by atoms with Gasteiger partial charge in [0, 0.05) is 36.7 Å². The number of hydrogen-bond donors (Lipinski definition) is 5. The molecular formula is C63H72N8O13. The van der Waals surface area contributed by atoms with Crippen molar-refractivity contribution in [1.29, 1.82) is 0 Å². The van der Waals surface area contributed by atoms with Gasteiger partial charge in [-0.15, -0.1) is 0 Å². The van der Waals surface area contributed by atoms with Crippen molar-refractivity contribution < 1.29 is 62.0 Å². The van der Waals surface area contributed by atoms with Gasteiger partial charge in [0.25, 0.3) is 5.91 Å². The molecule has 0 spiro atoms. The molecule has 7 rings (SSSR count). The largest absolute Gasteiger partial charge is 0.496 e. The summed E-state index contributed by atoms with van der Waals surface area (Å²) in [5, 5.41) is 13.6. The molecule has 6 aromatic rings. The zero-order valence-electron chi connectivity index (χ0n) is 48.9. The number of methoxy groups -OCH3 is 3. The molecule has 84 heavy (non-hydrogen) atoms. The fourth-order valence-corrected chi connectivity index (χ4v) is 9.51. The molecule has 21 heteroatoms. The van der Waals surface area contributed by atoms with E-state index in [9.17, 15) is 28.8 Å². The summed E-state index contributed by atoms with van der Waals surface area (Å²) in [6.45, 7) is 10.9. The zero-order valence-corrected chi connectivity index (χ0v) is 48.9. The van der Waals surface area contributed by atoms with Crippen molar-refractivity contribution >= 4 is 41.8 Å². The van der Waals surface area contributed by atoms with Crippen LogP contribution >= 0.6 is 0 Å². The van der Waals surface area contributed by atoms with Gasteiger partial charge < -0.3 is 59.9 Å². The first-order valence-corrected chi connectivity index (χ1v) is 27.3. The van der Waals surface area contributed by atoms with Crippen molar-refractivity contribution in [2.45, 2.75) is 97.2 Å². The topological polar surface area (TPSA) is 264 Å². The van der Waals surface area contributed by atoms with Crippen molar-refractivity contribution in [3.8, 4) is 39.8 Å². The highest BCUT2D eigenvalue weighted by Crippen LogP contribution is 2.44. The number of hydrogen-bond acceptors (Lipinski definition) is 15. The summed E-state index contributed by atoms with van der Waals surface area (Å²) in [5.74, 6) is -2.80. The van der Waals surface area contributed by atoms with Gasteiger partial charge in [0.2, 0.25) is 17.7 Å². The number of nitrogens with one attached hydrogen (secondary N) is 5. The maximum absolute atomic E-state index is 15.3. The van der Waals surface area contributed by atoms with Crippen molar-refractivity contribution in [3.63, 3.8) is 0 Å². The van der Waals surface area contributed by atoms with E-state index in [1.165, 1.54) is 35.3 Å². The van der Waals surface area contributed by atoms with Crippen LogP contribution in [0.4, 0.5) is 9.59 Å². The predicted molar refractivity (Wildman–Crippen MR) is 312 cm³/mol. The highest BCUT2D eigenvalue weighted by Gasteiger charge is 2.37. The Morgan fingerprint density at radius 2 is 1.32 bits per heavy atom. The molecule has 1 aliphatic heterocycles. The van der Waals surface area contributed by atoms with Gasteiger partial charge in [0.05, 0.1) is 44.8 Å². The Balaban J connectivity index is 1.24. The third kappa shape index (κ3) is 15.9. The number of alkyl carbamates (subject to hydrolysis) is 2. The van der Waals surface area contributed by atoms with Gasteiger partial charge in [-0.2, -0.15) is 0 Å². The minimum atomic E-state index is -1.53. The molecule has 0 unspecified atom stereocenters. The molecule has 442 valence electrons. The molecule has 0 saturated carbocycles. The van der Waals surface area contributed by atoms with Crippen molar-refractivity contribution in [1.82, 2.24) is 41.5 Å². The van der Waals surface area contributed by atoms with Crippen LogP contribution in [-0.2, 0) is 58.4 Å². The second-order valence-electron chi connectivity index (χ2n) is 21.1. The van der Waals surface area contributed by atoms with E-state index in [4.69, 9.17) is 38.4 Å². The third-order valence-electron chi connectivity index (χ3n) is 14.0.